The first-order valence-electron chi connectivity index (χ1n) is 6.23. The third kappa shape index (κ3) is 5.46. The van der Waals surface area contributed by atoms with Crippen molar-refractivity contribution in [2.75, 3.05) is 20.3 Å². The highest BCUT2D eigenvalue weighted by atomic mass is 16.5. The van der Waals surface area contributed by atoms with Crippen molar-refractivity contribution >= 4 is 5.97 Å². The van der Waals surface area contributed by atoms with E-state index in [1.807, 2.05) is 24.3 Å². The van der Waals surface area contributed by atoms with Crippen LogP contribution in [0.2, 0.25) is 0 Å². The zero-order chi connectivity index (χ0) is 14.1. The van der Waals surface area contributed by atoms with Crippen LogP contribution in [0, 0.1) is 0 Å². The Labute approximate surface area is 114 Å². The molecule has 1 aromatic carbocycles. The van der Waals surface area contributed by atoms with Gasteiger partial charge in [0.15, 0.2) is 11.5 Å². The van der Waals surface area contributed by atoms with Crippen molar-refractivity contribution in [2.45, 2.75) is 19.8 Å². The molecule has 0 heterocycles. The number of esters is 1. The largest absolute Gasteiger partial charge is 0.493 e. The maximum absolute atomic E-state index is 11.1. The minimum atomic E-state index is -0.342. The smallest absolute Gasteiger partial charge is 0.333 e. The molecule has 0 saturated carbocycles. The van der Waals surface area contributed by atoms with Gasteiger partial charge in [0, 0.05) is 5.57 Å². The lowest BCUT2D eigenvalue weighted by atomic mass is 10.3. The van der Waals surface area contributed by atoms with Crippen LogP contribution in [0.3, 0.4) is 0 Å². The second-order valence-electron chi connectivity index (χ2n) is 4.12. The Morgan fingerprint density at radius 2 is 1.79 bits per heavy atom. The summed E-state index contributed by atoms with van der Waals surface area (Å²) >= 11 is 0. The van der Waals surface area contributed by atoms with Gasteiger partial charge in [0.1, 0.15) is 0 Å². The molecule has 0 radical (unpaired) electrons. The van der Waals surface area contributed by atoms with Crippen molar-refractivity contribution in [3.05, 3.63) is 36.4 Å². The van der Waals surface area contributed by atoms with Gasteiger partial charge < -0.3 is 14.2 Å². The van der Waals surface area contributed by atoms with Crippen molar-refractivity contribution < 1.29 is 19.0 Å². The van der Waals surface area contributed by atoms with Crippen LogP contribution in [-0.2, 0) is 9.53 Å². The molecule has 0 atom stereocenters. The van der Waals surface area contributed by atoms with Crippen LogP contribution < -0.4 is 9.47 Å². The zero-order valence-electron chi connectivity index (χ0n) is 11.5. The number of methoxy groups -OCH3 is 1. The summed E-state index contributed by atoms with van der Waals surface area (Å²) in [6, 6.07) is 7.50. The van der Waals surface area contributed by atoms with E-state index < -0.39 is 0 Å². The van der Waals surface area contributed by atoms with E-state index >= 15 is 0 Å². The molecule has 4 nitrogen and oxygen atoms in total. The summed E-state index contributed by atoms with van der Waals surface area (Å²) in [6.07, 6.45) is 1.57. The van der Waals surface area contributed by atoms with Crippen molar-refractivity contribution in [1.29, 1.82) is 0 Å². The Bertz CT molecular complexity index is 426. The Balaban J connectivity index is 2.17. The number of unbranched alkanes of at least 4 members (excludes halogenated alkanes) is 1. The van der Waals surface area contributed by atoms with Crippen LogP contribution in [0.5, 0.6) is 11.5 Å². The Hall–Kier alpha value is -1.97. The summed E-state index contributed by atoms with van der Waals surface area (Å²) in [5.74, 6) is 1.10. The third-order valence-electron chi connectivity index (χ3n) is 2.45. The molecule has 19 heavy (non-hydrogen) atoms. The highest BCUT2D eigenvalue weighted by molar-refractivity contribution is 5.86. The minimum Gasteiger partial charge on any atom is -0.493 e. The van der Waals surface area contributed by atoms with Gasteiger partial charge in [-0.25, -0.2) is 4.79 Å². The van der Waals surface area contributed by atoms with Gasteiger partial charge in [-0.05, 0) is 31.9 Å². The molecule has 4 heteroatoms. The van der Waals surface area contributed by atoms with Crippen molar-refractivity contribution in [1.82, 2.24) is 0 Å². The molecule has 0 unspecified atom stereocenters. The van der Waals surface area contributed by atoms with E-state index in [0.29, 0.717) is 18.8 Å². The van der Waals surface area contributed by atoms with Gasteiger partial charge in [0.25, 0.3) is 0 Å². The van der Waals surface area contributed by atoms with E-state index in [4.69, 9.17) is 14.2 Å². The molecule has 0 aliphatic heterocycles. The van der Waals surface area contributed by atoms with Crippen LogP contribution in [0.1, 0.15) is 19.8 Å². The molecular formula is C15H20O4. The number of ether oxygens (including phenoxy) is 3. The lowest BCUT2D eigenvalue weighted by Crippen LogP contribution is -2.07. The van der Waals surface area contributed by atoms with Gasteiger partial charge in [-0.3, -0.25) is 0 Å². The van der Waals surface area contributed by atoms with Gasteiger partial charge in [0.05, 0.1) is 20.3 Å². The predicted octanol–water partition coefficient (Wildman–Crippen LogP) is 2.97. The van der Waals surface area contributed by atoms with Crippen LogP contribution in [0.25, 0.3) is 0 Å². The minimum absolute atomic E-state index is 0.342. The summed E-state index contributed by atoms with van der Waals surface area (Å²) in [4.78, 5) is 11.1. The van der Waals surface area contributed by atoms with E-state index in [0.717, 1.165) is 24.3 Å². The number of carbonyl (C=O) groups is 1. The molecule has 1 rings (SSSR count). The first-order valence-corrected chi connectivity index (χ1v) is 6.23. The molecule has 0 fully saturated rings. The summed E-state index contributed by atoms with van der Waals surface area (Å²) in [5, 5.41) is 0. The van der Waals surface area contributed by atoms with Crippen LogP contribution in [0.4, 0.5) is 0 Å². The normalized spacial score (nSPS) is 9.79. The molecule has 0 bridgehead atoms. The van der Waals surface area contributed by atoms with Gasteiger partial charge in [-0.15, -0.1) is 0 Å². The van der Waals surface area contributed by atoms with E-state index in [1.165, 1.54) is 0 Å². The van der Waals surface area contributed by atoms with Crippen molar-refractivity contribution in [2.24, 2.45) is 0 Å². The monoisotopic (exact) mass is 264 g/mol. The number of para-hydroxylation sites is 2. The van der Waals surface area contributed by atoms with Crippen molar-refractivity contribution in [3.8, 4) is 11.5 Å². The number of hydrogen-bond donors (Lipinski definition) is 0. The molecule has 0 amide bonds. The summed E-state index contributed by atoms with van der Waals surface area (Å²) < 4.78 is 15.8. The second kappa shape index (κ2) is 8.19. The third-order valence-corrected chi connectivity index (χ3v) is 2.45. The number of benzene rings is 1. The first-order chi connectivity index (χ1) is 9.15. The van der Waals surface area contributed by atoms with Crippen LogP contribution in [0.15, 0.2) is 36.4 Å². The Kier molecular flexibility index (Phi) is 6.50. The number of rotatable bonds is 8. The molecule has 0 saturated heterocycles. The quantitative estimate of drug-likeness (QED) is 0.411. The molecule has 0 N–H and O–H groups in total. The van der Waals surface area contributed by atoms with Gasteiger partial charge in [0.2, 0.25) is 0 Å². The molecule has 0 spiro atoms. The molecular weight excluding hydrogens is 244 g/mol. The average molecular weight is 264 g/mol. The molecule has 0 aliphatic carbocycles. The van der Waals surface area contributed by atoms with Crippen LogP contribution >= 0.6 is 0 Å². The fraction of sp³-hybridized carbons (Fsp3) is 0.400. The average Bonchev–Trinajstić information content (AvgIpc) is 2.42. The van der Waals surface area contributed by atoms with Crippen molar-refractivity contribution in [3.63, 3.8) is 0 Å². The topological polar surface area (TPSA) is 44.8 Å². The fourth-order valence-corrected chi connectivity index (χ4v) is 1.41. The molecule has 1 aromatic rings. The summed E-state index contributed by atoms with van der Waals surface area (Å²) in [6.45, 7) is 6.10. The summed E-state index contributed by atoms with van der Waals surface area (Å²) in [7, 11) is 1.61. The van der Waals surface area contributed by atoms with Gasteiger partial charge >= 0.3 is 5.97 Å². The molecule has 0 aromatic heterocycles. The lowest BCUT2D eigenvalue weighted by molar-refractivity contribution is -0.139. The van der Waals surface area contributed by atoms with Crippen LogP contribution in [-0.4, -0.2) is 26.3 Å². The number of carbonyl (C=O) groups excluding carboxylic acids is 1. The first kappa shape index (κ1) is 15.1. The zero-order valence-corrected chi connectivity index (χ0v) is 11.5. The number of hydrogen-bond acceptors (Lipinski definition) is 4. The Morgan fingerprint density at radius 1 is 1.16 bits per heavy atom. The Morgan fingerprint density at radius 3 is 2.42 bits per heavy atom. The second-order valence-corrected chi connectivity index (χ2v) is 4.12. The van der Waals surface area contributed by atoms with Gasteiger partial charge in [-0.1, -0.05) is 18.7 Å². The predicted molar refractivity (Wildman–Crippen MR) is 73.5 cm³/mol. The maximum atomic E-state index is 11.1. The molecule has 0 aliphatic rings. The van der Waals surface area contributed by atoms with E-state index in [1.54, 1.807) is 14.0 Å². The highest BCUT2D eigenvalue weighted by Crippen LogP contribution is 2.25. The lowest BCUT2D eigenvalue weighted by Gasteiger charge is -2.10. The molecule has 104 valence electrons. The van der Waals surface area contributed by atoms with E-state index in [-0.39, 0.29) is 5.97 Å². The fourth-order valence-electron chi connectivity index (χ4n) is 1.41. The van der Waals surface area contributed by atoms with E-state index in [9.17, 15) is 4.79 Å². The standard InChI is InChI=1S/C15H20O4/c1-12(2)15(16)19-11-7-6-10-18-14-9-5-4-8-13(14)17-3/h4-5,8-9H,1,6-7,10-11H2,2-3H3. The summed E-state index contributed by atoms with van der Waals surface area (Å²) in [5.41, 5.74) is 0.422. The van der Waals surface area contributed by atoms with Gasteiger partial charge in [-0.2, -0.15) is 0 Å². The van der Waals surface area contributed by atoms with E-state index in [2.05, 4.69) is 6.58 Å². The maximum Gasteiger partial charge on any atom is 0.333 e. The highest BCUT2D eigenvalue weighted by Gasteiger charge is 2.03. The SMILES string of the molecule is C=C(C)C(=O)OCCCCOc1ccccc1OC.